The maximum atomic E-state index is 13.5. The first-order chi connectivity index (χ1) is 14.1. The molecule has 2 atom stereocenters. The zero-order valence-corrected chi connectivity index (χ0v) is 15.9. The van der Waals surface area contributed by atoms with Crippen LogP contribution in [-0.2, 0) is 11.0 Å². The number of nitrogens with zero attached hydrogens (tertiary/aromatic N) is 1. The molecule has 3 N–H and O–H groups in total. The van der Waals surface area contributed by atoms with Crippen LogP contribution in [0.4, 0.5) is 22.4 Å². The second-order valence-corrected chi connectivity index (χ2v) is 6.74. The molecule has 3 amide bonds. The highest BCUT2D eigenvalue weighted by Gasteiger charge is 2.32. The van der Waals surface area contributed by atoms with Gasteiger partial charge in [-0.3, -0.25) is 4.79 Å². The molecule has 0 radical (unpaired) electrons. The Bertz CT molecular complexity index is 940. The summed E-state index contributed by atoms with van der Waals surface area (Å²) in [6, 6.07) is 3.47. The van der Waals surface area contributed by atoms with Crippen LogP contribution in [0.2, 0.25) is 5.02 Å². The molecule has 1 unspecified atom stereocenters. The largest absolute Gasteiger partial charge is 0.489 e. The summed E-state index contributed by atoms with van der Waals surface area (Å²) >= 11 is 5.81. The van der Waals surface area contributed by atoms with Gasteiger partial charge in [0.05, 0.1) is 17.3 Å². The van der Waals surface area contributed by atoms with Crippen molar-refractivity contribution < 1.29 is 31.9 Å². The van der Waals surface area contributed by atoms with E-state index in [0.717, 1.165) is 24.4 Å². The van der Waals surface area contributed by atoms with Crippen molar-refractivity contribution >= 4 is 23.5 Å². The number of nitrogens with one attached hydrogen (secondary N) is 3. The molecule has 1 aliphatic rings. The minimum atomic E-state index is -4.58. The lowest BCUT2D eigenvalue weighted by Crippen LogP contribution is -2.45. The third-order valence-corrected chi connectivity index (χ3v) is 4.48. The van der Waals surface area contributed by atoms with Crippen LogP contribution in [-0.4, -0.2) is 36.1 Å². The SMILES string of the molecule is O=C1NC[C@@H](C(=O)NC(COc2ccc(C(F)(F)F)nc2)c2ccc(F)c(Cl)c2)N1. The van der Waals surface area contributed by atoms with Gasteiger partial charge in [-0.05, 0) is 29.8 Å². The molecule has 0 aliphatic carbocycles. The summed E-state index contributed by atoms with van der Waals surface area (Å²) in [4.78, 5) is 27.0. The number of carbonyl (C=O) groups is 2. The normalized spacial score (nSPS) is 17.1. The van der Waals surface area contributed by atoms with Gasteiger partial charge in [0.25, 0.3) is 0 Å². The molecule has 0 bridgehead atoms. The fourth-order valence-electron chi connectivity index (χ4n) is 2.65. The molecule has 1 aliphatic heterocycles. The molecule has 3 rings (SSSR count). The third-order valence-electron chi connectivity index (χ3n) is 4.19. The summed E-state index contributed by atoms with van der Waals surface area (Å²) in [6.07, 6.45) is -3.68. The van der Waals surface area contributed by atoms with Gasteiger partial charge in [-0.15, -0.1) is 0 Å². The number of halogens is 5. The first-order valence-electron chi connectivity index (χ1n) is 8.59. The van der Waals surface area contributed by atoms with Crippen molar-refractivity contribution in [2.75, 3.05) is 13.2 Å². The average molecular weight is 447 g/mol. The summed E-state index contributed by atoms with van der Waals surface area (Å²) < 4.78 is 56.8. The van der Waals surface area contributed by atoms with Crippen molar-refractivity contribution in [3.05, 3.63) is 58.6 Å². The highest BCUT2D eigenvalue weighted by Crippen LogP contribution is 2.28. The van der Waals surface area contributed by atoms with Crippen molar-refractivity contribution in [2.24, 2.45) is 0 Å². The van der Waals surface area contributed by atoms with E-state index in [4.69, 9.17) is 16.3 Å². The molecule has 0 saturated carbocycles. The van der Waals surface area contributed by atoms with E-state index < -0.39 is 41.7 Å². The molecule has 2 aromatic rings. The van der Waals surface area contributed by atoms with Crippen molar-refractivity contribution in [3.8, 4) is 5.75 Å². The Morgan fingerprint density at radius 1 is 1.33 bits per heavy atom. The van der Waals surface area contributed by atoms with Gasteiger partial charge >= 0.3 is 12.2 Å². The Hall–Kier alpha value is -3.08. The third kappa shape index (κ3) is 5.29. The molecule has 1 aromatic heterocycles. The molecule has 30 heavy (non-hydrogen) atoms. The average Bonchev–Trinajstić information content (AvgIpc) is 3.13. The maximum absolute atomic E-state index is 13.5. The van der Waals surface area contributed by atoms with Crippen molar-refractivity contribution in [1.82, 2.24) is 20.9 Å². The minimum Gasteiger partial charge on any atom is -0.489 e. The number of hydrogen-bond acceptors (Lipinski definition) is 4. The van der Waals surface area contributed by atoms with Gasteiger partial charge in [-0.25, -0.2) is 14.2 Å². The first kappa shape index (κ1) is 21.6. The first-order valence-corrected chi connectivity index (χ1v) is 8.97. The molecule has 0 spiro atoms. The number of benzene rings is 1. The Morgan fingerprint density at radius 2 is 2.10 bits per heavy atom. The number of hydrogen-bond donors (Lipinski definition) is 3. The molecule has 2 heterocycles. The van der Waals surface area contributed by atoms with Crippen LogP contribution in [0.25, 0.3) is 0 Å². The number of ether oxygens (including phenoxy) is 1. The van der Waals surface area contributed by atoms with E-state index in [1.807, 2.05) is 0 Å². The topological polar surface area (TPSA) is 92.4 Å². The zero-order chi connectivity index (χ0) is 21.9. The fraction of sp³-hybridized carbons (Fsp3) is 0.278. The number of urea groups is 1. The van der Waals surface area contributed by atoms with Crippen LogP contribution < -0.4 is 20.7 Å². The lowest BCUT2D eigenvalue weighted by Gasteiger charge is -2.22. The monoisotopic (exact) mass is 446 g/mol. The summed E-state index contributed by atoms with van der Waals surface area (Å²) in [6.45, 7) is -0.139. The molecular weight excluding hydrogens is 432 g/mol. The van der Waals surface area contributed by atoms with Crippen LogP contribution in [0.5, 0.6) is 5.75 Å². The molecular formula is C18H15ClF4N4O3. The number of rotatable bonds is 6. The maximum Gasteiger partial charge on any atom is 0.433 e. The van der Waals surface area contributed by atoms with Crippen LogP contribution in [0.1, 0.15) is 17.3 Å². The van der Waals surface area contributed by atoms with Gasteiger partial charge in [0.2, 0.25) is 5.91 Å². The predicted molar refractivity (Wildman–Crippen MR) is 97.4 cm³/mol. The van der Waals surface area contributed by atoms with Crippen LogP contribution in [0.3, 0.4) is 0 Å². The van der Waals surface area contributed by atoms with E-state index in [1.54, 1.807) is 0 Å². The van der Waals surface area contributed by atoms with Gasteiger partial charge in [-0.2, -0.15) is 13.2 Å². The Balaban J connectivity index is 1.74. The van der Waals surface area contributed by atoms with Crippen molar-refractivity contribution in [3.63, 3.8) is 0 Å². The minimum absolute atomic E-state index is 0.0336. The van der Waals surface area contributed by atoms with Crippen LogP contribution >= 0.6 is 11.6 Å². The van der Waals surface area contributed by atoms with Gasteiger partial charge in [0.1, 0.15) is 29.9 Å². The van der Waals surface area contributed by atoms with Crippen molar-refractivity contribution in [1.29, 1.82) is 0 Å². The second-order valence-electron chi connectivity index (χ2n) is 6.33. The fourth-order valence-corrected chi connectivity index (χ4v) is 2.84. The molecule has 1 saturated heterocycles. The van der Waals surface area contributed by atoms with Crippen LogP contribution in [0.15, 0.2) is 36.5 Å². The highest BCUT2D eigenvalue weighted by molar-refractivity contribution is 6.30. The Labute approximate surface area is 172 Å². The van der Waals surface area contributed by atoms with E-state index in [9.17, 15) is 27.2 Å². The van der Waals surface area contributed by atoms with Gasteiger partial charge in [0, 0.05) is 6.54 Å². The number of pyridine rings is 1. The predicted octanol–water partition coefficient (Wildman–Crippen LogP) is 2.81. The van der Waals surface area contributed by atoms with E-state index in [0.29, 0.717) is 5.56 Å². The van der Waals surface area contributed by atoms with Gasteiger partial charge in [-0.1, -0.05) is 17.7 Å². The molecule has 7 nitrogen and oxygen atoms in total. The summed E-state index contributed by atoms with van der Waals surface area (Å²) in [5, 5.41) is 7.33. The standard InChI is InChI=1S/C18H15ClF4N4O3/c19-11-5-9(1-3-12(11)20)14(26-16(28)13-7-25-17(29)27-13)8-30-10-2-4-15(24-6-10)18(21,22)23/h1-6,13-14H,7-8H2,(H,26,28)(H2,25,27,29)/t13-,14?/m0/s1. The molecule has 1 aromatic carbocycles. The van der Waals surface area contributed by atoms with E-state index in [2.05, 4.69) is 20.9 Å². The lowest BCUT2D eigenvalue weighted by atomic mass is 10.1. The van der Waals surface area contributed by atoms with Crippen LogP contribution in [0, 0.1) is 5.82 Å². The van der Waals surface area contributed by atoms with E-state index in [1.165, 1.54) is 12.1 Å². The number of aromatic nitrogens is 1. The van der Waals surface area contributed by atoms with E-state index in [-0.39, 0.29) is 23.9 Å². The number of alkyl halides is 3. The Morgan fingerprint density at radius 3 is 2.67 bits per heavy atom. The summed E-state index contributed by atoms with van der Waals surface area (Å²) in [5.41, 5.74) is -0.679. The number of carbonyl (C=O) groups excluding carboxylic acids is 2. The smallest absolute Gasteiger partial charge is 0.433 e. The van der Waals surface area contributed by atoms with E-state index >= 15 is 0 Å². The summed E-state index contributed by atoms with van der Waals surface area (Å²) in [5.74, 6) is -1.16. The zero-order valence-electron chi connectivity index (χ0n) is 15.1. The lowest BCUT2D eigenvalue weighted by molar-refractivity contribution is -0.141. The highest BCUT2D eigenvalue weighted by atomic mass is 35.5. The number of amides is 3. The van der Waals surface area contributed by atoms with Crippen molar-refractivity contribution in [2.45, 2.75) is 18.3 Å². The second kappa shape index (κ2) is 8.74. The summed E-state index contributed by atoms with van der Waals surface area (Å²) in [7, 11) is 0. The Kier molecular flexibility index (Phi) is 6.30. The molecule has 1 fully saturated rings. The van der Waals surface area contributed by atoms with Gasteiger partial charge in [0.15, 0.2) is 0 Å². The molecule has 160 valence electrons. The quantitative estimate of drug-likeness (QED) is 0.595. The van der Waals surface area contributed by atoms with Gasteiger partial charge < -0.3 is 20.7 Å². The molecule has 12 heteroatoms.